The van der Waals surface area contributed by atoms with Gasteiger partial charge < -0.3 is 0 Å². The first-order chi connectivity index (χ1) is 7.89. The van der Waals surface area contributed by atoms with Gasteiger partial charge in [-0.1, -0.05) is 35.3 Å². The largest absolute Gasteiger partial charge is 0.0628 e. The molecule has 0 nitrogen and oxygen atoms in total. The molecule has 0 bridgehead atoms. The molecule has 0 aromatic heterocycles. The Morgan fingerprint density at radius 1 is 1.38 bits per heavy atom. The van der Waals surface area contributed by atoms with E-state index in [1.807, 2.05) is 0 Å². The van der Waals surface area contributed by atoms with E-state index < -0.39 is 49.0 Å². The average Bonchev–Trinajstić information content (AvgIpc) is 2.09. The van der Waals surface area contributed by atoms with Crippen LogP contribution in [0.3, 0.4) is 0 Å². The lowest BCUT2D eigenvalue weighted by atomic mass is 10.2. The Balaban J connectivity index is 3.83. The van der Waals surface area contributed by atoms with E-state index in [-0.39, 0.29) is 0 Å². The second kappa shape index (κ2) is 1.99. The van der Waals surface area contributed by atoms with Crippen LogP contribution < -0.4 is 0 Å². The molecule has 0 unspecified atom stereocenters. The molecule has 0 heteroatoms. The van der Waals surface area contributed by atoms with Crippen LogP contribution in [0.15, 0.2) is 24.2 Å². The number of hydrogen-bond acceptors (Lipinski definition) is 0. The molecule has 0 heterocycles. The monoisotopic (exact) mass is 116 g/mol. The maximum atomic E-state index is 7.59. The summed E-state index contributed by atoms with van der Waals surface area (Å²) >= 11 is 0. The van der Waals surface area contributed by atoms with E-state index in [0.717, 1.165) is 0 Å². The summed E-state index contributed by atoms with van der Waals surface area (Å²) in [6.45, 7) is -5.73. The smallest absolute Gasteiger partial charge is 0.0617 e. The summed E-state index contributed by atoms with van der Waals surface area (Å²) in [7, 11) is 0. The van der Waals surface area contributed by atoms with Gasteiger partial charge in [0.1, 0.15) is 0 Å². The van der Waals surface area contributed by atoms with E-state index in [1.165, 1.54) is 0 Å². The number of benzene rings is 1. The summed E-state index contributed by atoms with van der Waals surface area (Å²) in [5.41, 5.74) is -1.59. The SMILES string of the molecule is [2H]c1c([2H])c(C([2H])([2H])[2H])c([2H])c(C([2H])([2H])[2H])c1[2H]. The first-order valence-corrected chi connectivity index (χ1v) is 2.00. The molecule has 0 saturated carbocycles. The maximum Gasteiger partial charge on any atom is 0.0628 e. The van der Waals surface area contributed by atoms with Crippen molar-refractivity contribution in [2.45, 2.75) is 13.7 Å². The Bertz CT molecular complexity index is 439. The van der Waals surface area contributed by atoms with Gasteiger partial charge in [0, 0.05) is 8.22 Å². The molecule has 1 aromatic carbocycles. The van der Waals surface area contributed by atoms with Gasteiger partial charge in [0.25, 0.3) is 0 Å². The van der Waals surface area contributed by atoms with Crippen LogP contribution in [0, 0.1) is 13.7 Å². The third-order valence-corrected chi connectivity index (χ3v) is 0.625. The van der Waals surface area contributed by atoms with Crippen LogP contribution in [-0.2, 0) is 0 Å². The van der Waals surface area contributed by atoms with Gasteiger partial charge >= 0.3 is 0 Å². The Labute approximate surface area is 64.2 Å². The van der Waals surface area contributed by atoms with E-state index >= 15 is 0 Å². The Morgan fingerprint density at radius 2 is 2.00 bits per heavy atom. The minimum atomic E-state index is -2.86. The zero-order chi connectivity index (χ0) is 14.5. The van der Waals surface area contributed by atoms with Crippen LogP contribution in [0.4, 0.5) is 0 Å². The van der Waals surface area contributed by atoms with Crippen molar-refractivity contribution in [3.8, 4) is 0 Å². The molecule has 0 aliphatic heterocycles. The fraction of sp³-hybridized carbons (Fsp3) is 0.250. The molecule has 8 heavy (non-hydrogen) atoms. The third kappa shape index (κ3) is 1.09. The van der Waals surface area contributed by atoms with Crippen LogP contribution in [0.5, 0.6) is 0 Å². The Hall–Kier alpha value is -0.780. The first-order valence-electron chi connectivity index (χ1n) is 7.00. The van der Waals surface area contributed by atoms with Crippen molar-refractivity contribution in [3.05, 3.63) is 35.3 Å². The van der Waals surface area contributed by atoms with E-state index in [1.54, 1.807) is 0 Å². The molecule has 0 fully saturated rings. The fourth-order valence-corrected chi connectivity index (χ4v) is 0.344. The molecule has 0 atom stereocenters. The van der Waals surface area contributed by atoms with Gasteiger partial charge in [-0.3, -0.25) is 0 Å². The Kier molecular flexibility index (Phi) is 0.235. The third-order valence-electron chi connectivity index (χ3n) is 0.625. The quantitative estimate of drug-likeness (QED) is 0.488. The first kappa shape index (κ1) is 0.942. The average molecular weight is 116 g/mol. The van der Waals surface area contributed by atoms with Crippen LogP contribution in [-0.4, -0.2) is 0 Å². The number of hydrogen-bond donors (Lipinski definition) is 0. The molecule has 0 aliphatic rings. The molecular formula is C8H10. The van der Waals surface area contributed by atoms with Gasteiger partial charge in [0.05, 0.1) is 5.48 Å². The standard InChI is InChI=1S/C8H10/c1-7-4-3-5-8(2)6-7/h3-6H,1-2H3/i1D3,2D3,3D,4D,5D,6D. The molecule has 1 aromatic rings. The molecular weight excluding hydrogens is 96.1 g/mol. The van der Waals surface area contributed by atoms with E-state index in [4.69, 9.17) is 13.7 Å². The summed E-state index contributed by atoms with van der Waals surface area (Å²) in [6, 6.07) is -3.25. The van der Waals surface area contributed by atoms with Gasteiger partial charge in [-0.05, 0) is 13.7 Å². The summed E-state index contributed by atoms with van der Waals surface area (Å²) in [5.74, 6) is 0. The minimum Gasteiger partial charge on any atom is -0.0617 e. The normalized spacial score (nSPS) is 30.5. The van der Waals surface area contributed by atoms with Crippen LogP contribution in [0.2, 0.25) is 0 Å². The van der Waals surface area contributed by atoms with E-state index in [9.17, 15) is 0 Å². The van der Waals surface area contributed by atoms with Crippen LogP contribution in [0.1, 0.15) is 24.8 Å². The molecule has 0 saturated heterocycles. The molecule has 0 N–H and O–H groups in total. The second-order valence-electron chi connectivity index (χ2n) is 1.25. The maximum absolute atomic E-state index is 7.59. The highest BCUT2D eigenvalue weighted by atomic mass is 13.9. The highest BCUT2D eigenvalue weighted by Crippen LogP contribution is 2.00. The summed E-state index contributed by atoms with van der Waals surface area (Å²) in [6.07, 6.45) is 0. The van der Waals surface area contributed by atoms with Crippen molar-refractivity contribution in [1.29, 1.82) is 0 Å². The van der Waals surface area contributed by atoms with E-state index in [0.29, 0.717) is 0 Å². The summed E-state index contributed by atoms with van der Waals surface area (Å²) in [4.78, 5) is 0. The van der Waals surface area contributed by atoms with Gasteiger partial charge in [0.2, 0.25) is 0 Å². The summed E-state index contributed by atoms with van der Waals surface area (Å²) in [5, 5.41) is 0. The van der Waals surface area contributed by atoms with Crippen molar-refractivity contribution in [2.24, 2.45) is 0 Å². The lowest BCUT2D eigenvalue weighted by Crippen LogP contribution is -1.71. The van der Waals surface area contributed by atoms with Crippen molar-refractivity contribution in [3.63, 3.8) is 0 Å². The molecule has 0 amide bonds. The highest BCUT2D eigenvalue weighted by Gasteiger charge is 1.80. The predicted molar refractivity (Wildman–Crippen MR) is 35.9 cm³/mol. The van der Waals surface area contributed by atoms with Gasteiger partial charge in [0.15, 0.2) is 0 Å². The minimum absolute atomic E-state index is 0.789. The predicted octanol–water partition coefficient (Wildman–Crippen LogP) is 2.30. The summed E-state index contributed by atoms with van der Waals surface area (Å²) < 4.78 is 73.1. The Morgan fingerprint density at radius 3 is 2.50 bits per heavy atom. The van der Waals surface area contributed by atoms with Crippen LogP contribution in [0.25, 0.3) is 0 Å². The second-order valence-corrected chi connectivity index (χ2v) is 1.25. The van der Waals surface area contributed by atoms with Gasteiger partial charge in [-0.2, -0.15) is 0 Å². The van der Waals surface area contributed by atoms with Gasteiger partial charge in [-0.25, -0.2) is 0 Å². The number of rotatable bonds is 0. The van der Waals surface area contributed by atoms with Crippen LogP contribution >= 0.6 is 0 Å². The zero-order valence-corrected chi connectivity index (χ0v) is 4.00. The molecule has 0 aliphatic carbocycles. The van der Waals surface area contributed by atoms with Crippen molar-refractivity contribution in [2.75, 3.05) is 0 Å². The van der Waals surface area contributed by atoms with Crippen molar-refractivity contribution in [1.82, 2.24) is 0 Å². The topological polar surface area (TPSA) is 0 Å². The van der Waals surface area contributed by atoms with Crippen molar-refractivity contribution < 1.29 is 13.7 Å². The van der Waals surface area contributed by atoms with Gasteiger partial charge in [-0.15, -0.1) is 0 Å². The lowest BCUT2D eigenvalue weighted by molar-refractivity contribution is 1.39. The zero-order valence-electron chi connectivity index (χ0n) is 14.0. The van der Waals surface area contributed by atoms with E-state index in [2.05, 4.69) is 0 Å². The fourth-order valence-electron chi connectivity index (χ4n) is 0.344. The van der Waals surface area contributed by atoms with Crippen molar-refractivity contribution >= 4 is 0 Å². The molecule has 42 valence electrons. The molecule has 0 spiro atoms. The lowest BCUT2D eigenvalue weighted by Gasteiger charge is -1.90. The molecule has 0 radical (unpaired) electrons. The highest BCUT2D eigenvalue weighted by molar-refractivity contribution is 5.20. The molecule has 1 rings (SSSR count).